The van der Waals surface area contributed by atoms with Gasteiger partial charge in [0, 0.05) is 58.2 Å². The van der Waals surface area contributed by atoms with Gasteiger partial charge in [-0.05, 0) is 75.5 Å². The molecule has 1 unspecified atom stereocenters. The number of aryl methyl sites for hydroxylation is 1. The number of halogens is 2. The number of nitrogens with one attached hydrogen (secondary N) is 2. The number of aromatic nitrogens is 7. The lowest BCUT2D eigenvalue weighted by Crippen LogP contribution is -2.44. The number of imide groups is 1. The third kappa shape index (κ3) is 7.88. The largest absolute Gasteiger partial charge is 0.374 e. The number of benzene rings is 1. The maximum absolute atomic E-state index is 14.4. The van der Waals surface area contributed by atoms with Crippen molar-refractivity contribution in [2.45, 2.75) is 94.5 Å². The number of para-hydroxylation sites is 1. The van der Waals surface area contributed by atoms with E-state index in [0.29, 0.717) is 47.1 Å². The number of fused-ring (bicyclic) bond motifs is 4. The Balaban J connectivity index is 0.713. The first-order chi connectivity index (χ1) is 30.6. The number of carbonyl (C=O) groups excluding carboxylic acids is 3. The number of ether oxygens (including phenoxy) is 2. The highest BCUT2D eigenvalue weighted by molar-refractivity contribution is 6.12. The molecule has 5 aliphatic rings. The summed E-state index contributed by atoms with van der Waals surface area (Å²) < 4.78 is 46.9. The molecule has 17 nitrogen and oxygen atoms in total. The monoisotopic (exact) mass is 865 g/mol. The SMILES string of the molecule is Cn1c(=O)n(C2CCC(=O)NC2=O)c2cccc(C#CCOC3CCN(CC4CCC(n5cc(NC(=O)c6c(N7C[C@H]8C[C@@H]7CO8)nn7cccnc67)c(C(F)F)n5)CC4)CC3)c21. The van der Waals surface area contributed by atoms with Gasteiger partial charge >= 0.3 is 5.69 Å². The number of hydrogen-bond acceptors (Lipinski definition) is 11. The van der Waals surface area contributed by atoms with Crippen LogP contribution in [0.1, 0.15) is 97.9 Å². The van der Waals surface area contributed by atoms with Crippen molar-refractivity contribution in [2.75, 3.05) is 49.6 Å². The van der Waals surface area contributed by atoms with Gasteiger partial charge in [0.25, 0.3) is 12.3 Å². The average Bonchev–Trinajstić information content (AvgIpc) is 4.13. The fourth-order valence-corrected chi connectivity index (χ4v) is 10.2. The van der Waals surface area contributed by atoms with Crippen LogP contribution in [-0.4, -0.2) is 114 Å². The second kappa shape index (κ2) is 17.0. The molecule has 8 heterocycles. The Labute approximate surface area is 360 Å². The lowest BCUT2D eigenvalue weighted by Gasteiger charge is -2.36. The van der Waals surface area contributed by atoms with Gasteiger partial charge in [0.2, 0.25) is 11.8 Å². The average molecular weight is 866 g/mol. The van der Waals surface area contributed by atoms with Crippen LogP contribution in [0.2, 0.25) is 0 Å². The number of likely N-dealkylation sites (tertiary alicyclic amines) is 1. The van der Waals surface area contributed by atoms with Crippen LogP contribution in [0.3, 0.4) is 0 Å². The lowest BCUT2D eigenvalue weighted by molar-refractivity contribution is -0.135. The first kappa shape index (κ1) is 41.1. The zero-order chi connectivity index (χ0) is 43.4. The summed E-state index contributed by atoms with van der Waals surface area (Å²) in [7, 11) is 1.66. The number of hydrogen-bond donors (Lipinski definition) is 2. The van der Waals surface area contributed by atoms with E-state index in [-0.39, 0.29) is 66.6 Å². The molecule has 1 saturated carbocycles. The van der Waals surface area contributed by atoms with Crippen LogP contribution in [0.4, 0.5) is 20.3 Å². The standard InChI is InChI=1S/C44H49F2N11O6/c1-52-38-27(5-2-7-33(38)57(44(52)61)34-12-13-35(58)49-42(34)59)6-3-20-62-30-14-18-53(19-15-30)22-26-8-10-28(11-9-26)56-24-32(37(50-56)39(45)46)48-43(60)36-40-47-16-4-17-55(40)51-41(36)54-23-31-21-29(54)25-63-31/h2,4-5,7,16-17,24,26,28-31,34,39H,8-15,18-23,25H2,1H3,(H,48,60)(H,49,58,59)/t26?,28?,29-,31-,34?/m1/s1. The van der Waals surface area contributed by atoms with Crippen molar-refractivity contribution < 1.29 is 32.6 Å². The van der Waals surface area contributed by atoms with Crippen molar-refractivity contribution in [1.29, 1.82) is 0 Å². The van der Waals surface area contributed by atoms with Crippen LogP contribution < -0.4 is 21.2 Å². The van der Waals surface area contributed by atoms with E-state index < -0.39 is 30.0 Å². The maximum atomic E-state index is 14.4. The van der Waals surface area contributed by atoms with E-state index in [9.17, 15) is 28.0 Å². The summed E-state index contributed by atoms with van der Waals surface area (Å²) in [6, 6.07) is 6.44. The molecule has 1 aromatic carbocycles. The zero-order valence-electron chi connectivity index (χ0n) is 34.9. The molecule has 3 amide bonds. The minimum Gasteiger partial charge on any atom is -0.374 e. The van der Waals surface area contributed by atoms with Crippen LogP contribution >= 0.6 is 0 Å². The minimum atomic E-state index is -2.87. The van der Waals surface area contributed by atoms with Crippen LogP contribution in [0.25, 0.3) is 16.7 Å². The Bertz CT molecular complexity index is 2700. The van der Waals surface area contributed by atoms with E-state index in [2.05, 4.69) is 47.5 Å². The summed E-state index contributed by atoms with van der Waals surface area (Å²) in [5.74, 6) is 5.86. The normalized spacial score (nSPS) is 24.4. The number of imidazole rings is 1. The molecule has 10 rings (SSSR count). The number of morpholine rings is 1. The van der Waals surface area contributed by atoms with Gasteiger partial charge in [-0.1, -0.05) is 17.9 Å². The van der Waals surface area contributed by atoms with Crippen LogP contribution in [0, 0.1) is 17.8 Å². The molecule has 63 heavy (non-hydrogen) atoms. The summed E-state index contributed by atoms with van der Waals surface area (Å²) in [6.07, 6.45) is 8.65. The van der Waals surface area contributed by atoms with E-state index >= 15 is 0 Å². The number of anilines is 2. The van der Waals surface area contributed by atoms with Gasteiger partial charge in [0.15, 0.2) is 17.2 Å². The Morgan fingerprint density at radius 1 is 1.05 bits per heavy atom. The molecule has 4 aromatic heterocycles. The van der Waals surface area contributed by atoms with Gasteiger partial charge in [-0.15, -0.1) is 5.10 Å². The molecule has 19 heteroatoms. The van der Waals surface area contributed by atoms with E-state index in [1.807, 2.05) is 12.1 Å². The van der Waals surface area contributed by atoms with Gasteiger partial charge in [0.05, 0.1) is 53.2 Å². The summed E-state index contributed by atoms with van der Waals surface area (Å²) in [6.45, 7) is 4.16. The van der Waals surface area contributed by atoms with Crippen molar-refractivity contribution >= 4 is 45.9 Å². The van der Waals surface area contributed by atoms with Crippen molar-refractivity contribution in [2.24, 2.45) is 13.0 Å². The first-order valence-electron chi connectivity index (χ1n) is 21.9. The smallest absolute Gasteiger partial charge is 0.329 e. The van der Waals surface area contributed by atoms with E-state index in [4.69, 9.17) is 9.47 Å². The molecule has 0 spiro atoms. The number of carbonyl (C=O) groups is 3. The quantitative estimate of drug-likeness (QED) is 0.154. The predicted octanol–water partition coefficient (Wildman–Crippen LogP) is 3.99. The van der Waals surface area contributed by atoms with Crippen LogP contribution in [-0.2, 0) is 26.1 Å². The van der Waals surface area contributed by atoms with Gasteiger partial charge in [0.1, 0.15) is 18.2 Å². The van der Waals surface area contributed by atoms with E-state index in [1.165, 1.54) is 9.13 Å². The molecule has 4 saturated heterocycles. The van der Waals surface area contributed by atoms with E-state index in [1.54, 1.807) is 47.0 Å². The molecule has 1 aliphatic carbocycles. The predicted molar refractivity (Wildman–Crippen MR) is 226 cm³/mol. The Morgan fingerprint density at radius 3 is 2.62 bits per heavy atom. The second-order valence-electron chi connectivity index (χ2n) is 17.4. The molecule has 5 aromatic rings. The Morgan fingerprint density at radius 2 is 1.87 bits per heavy atom. The summed E-state index contributed by atoms with van der Waals surface area (Å²) in [5.41, 5.74) is 1.68. The van der Waals surface area contributed by atoms with Crippen molar-refractivity contribution in [3.05, 3.63) is 70.2 Å². The topological polar surface area (TPSA) is 175 Å². The Hall–Kier alpha value is -5.97. The lowest BCUT2D eigenvalue weighted by atomic mass is 9.85. The molecule has 4 aliphatic heterocycles. The van der Waals surface area contributed by atoms with Crippen molar-refractivity contribution in [3.63, 3.8) is 0 Å². The van der Waals surface area contributed by atoms with Gasteiger partial charge in [-0.25, -0.2) is 23.1 Å². The molecule has 330 valence electrons. The van der Waals surface area contributed by atoms with Gasteiger partial charge in [-0.2, -0.15) is 5.10 Å². The number of rotatable bonds is 10. The number of amides is 3. The van der Waals surface area contributed by atoms with Crippen LogP contribution in [0.15, 0.2) is 47.7 Å². The Kier molecular flexibility index (Phi) is 11.1. The van der Waals surface area contributed by atoms with Crippen molar-refractivity contribution in [1.82, 2.24) is 43.7 Å². The number of piperidine rings is 2. The highest BCUT2D eigenvalue weighted by Crippen LogP contribution is 2.38. The third-order valence-electron chi connectivity index (χ3n) is 13.5. The first-order valence-corrected chi connectivity index (χ1v) is 21.9. The molecule has 0 radical (unpaired) electrons. The molecular formula is C44H49F2N11O6. The minimum absolute atomic E-state index is 0.00765. The number of nitrogens with zero attached hydrogens (tertiary/aromatic N) is 9. The van der Waals surface area contributed by atoms with E-state index in [0.717, 1.165) is 64.6 Å². The van der Waals surface area contributed by atoms with Crippen molar-refractivity contribution in [3.8, 4) is 11.8 Å². The zero-order valence-corrected chi connectivity index (χ0v) is 34.9. The maximum Gasteiger partial charge on any atom is 0.329 e. The third-order valence-corrected chi connectivity index (χ3v) is 13.5. The fourth-order valence-electron chi connectivity index (χ4n) is 10.2. The van der Waals surface area contributed by atoms with Gasteiger partial charge in [-0.3, -0.25) is 33.5 Å². The molecule has 3 atom stereocenters. The highest BCUT2D eigenvalue weighted by atomic mass is 19.3. The second-order valence-corrected chi connectivity index (χ2v) is 17.4. The molecule has 5 fully saturated rings. The molecular weight excluding hydrogens is 817 g/mol. The fraction of sp³-hybridized carbons (Fsp3) is 0.523. The number of alkyl halides is 2. The van der Waals surface area contributed by atoms with Crippen LogP contribution in [0.5, 0.6) is 0 Å². The summed E-state index contributed by atoms with van der Waals surface area (Å²) in [4.78, 5) is 60.4. The molecule has 2 N–H and O–H groups in total. The molecule has 2 bridgehead atoms. The highest BCUT2D eigenvalue weighted by Gasteiger charge is 2.42. The summed E-state index contributed by atoms with van der Waals surface area (Å²) in [5, 5.41) is 14.1. The van der Waals surface area contributed by atoms with Gasteiger partial charge < -0.3 is 24.6 Å². The summed E-state index contributed by atoms with van der Waals surface area (Å²) >= 11 is 0.